The van der Waals surface area contributed by atoms with Crippen LogP contribution in [0.5, 0.6) is 0 Å². The SMILES string of the molecule is CC(C)[C@H](NC(=O)CBr)C(N)=O. The van der Waals surface area contributed by atoms with Crippen LogP contribution in [0.1, 0.15) is 13.8 Å². The first-order valence-electron chi connectivity index (χ1n) is 3.63. The number of primary amides is 1. The molecule has 0 radical (unpaired) electrons. The van der Waals surface area contributed by atoms with Crippen LogP contribution >= 0.6 is 15.9 Å². The van der Waals surface area contributed by atoms with Crippen molar-refractivity contribution in [3.05, 3.63) is 0 Å². The highest BCUT2D eigenvalue weighted by Crippen LogP contribution is 2.00. The van der Waals surface area contributed by atoms with Gasteiger partial charge in [0.15, 0.2) is 0 Å². The van der Waals surface area contributed by atoms with E-state index in [4.69, 9.17) is 5.73 Å². The molecule has 0 fully saturated rings. The standard InChI is InChI=1S/C7H13BrN2O2/c1-4(2)6(7(9)12)10-5(11)3-8/h4,6H,3H2,1-2H3,(H2,9,12)(H,10,11)/t6-/m0/s1. The molecule has 1 atom stereocenters. The van der Waals surface area contributed by atoms with Crippen LogP contribution < -0.4 is 11.1 Å². The zero-order valence-corrected chi connectivity index (χ0v) is 8.72. The normalized spacial score (nSPS) is 12.7. The molecule has 0 aliphatic rings. The lowest BCUT2D eigenvalue weighted by Crippen LogP contribution is -2.48. The van der Waals surface area contributed by atoms with E-state index in [-0.39, 0.29) is 17.2 Å². The number of hydrogen-bond acceptors (Lipinski definition) is 2. The zero-order valence-electron chi connectivity index (χ0n) is 7.13. The molecule has 0 rings (SSSR count). The van der Waals surface area contributed by atoms with E-state index in [1.165, 1.54) is 0 Å². The molecule has 0 saturated carbocycles. The molecule has 0 saturated heterocycles. The molecule has 0 aliphatic carbocycles. The van der Waals surface area contributed by atoms with E-state index in [2.05, 4.69) is 21.2 Å². The molecule has 0 bridgehead atoms. The quantitative estimate of drug-likeness (QED) is 0.676. The molecule has 0 aromatic carbocycles. The zero-order chi connectivity index (χ0) is 9.72. The third-order valence-electron chi connectivity index (χ3n) is 1.41. The predicted molar refractivity (Wildman–Crippen MR) is 49.8 cm³/mol. The van der Waals surface area contributed by atoms with E-state index in [1.807, 2.05) is 13.8 Å². The van der Waals surface area contributed by atoms with Gasteiger partial charge in [0.2, 0.25) is 11.8 Å². The van der Waals surface area contributed by atoms with E-state index in [9.17, 15) is 9.59 Å². The molecular weight excluding hydrogens is 224 g/mol. The Morgan fingerprint density at radius 3 is 2.25 bits per heavy atom. The number of hydrogen-bond donors (Lipinski definition) is 2. The maximum Gasteiger partial charge on any atom is 0.240 e. The number of rotatable bonds is 4. The monoisotopic (exact) mass is 236 g/mol. The summed E-state index contributed by atoms with van der Waals surface area (Å²) in [6, 6.07) is -0.574. The Hall–Kier alpha value is -0.580. The van der Waals surface area contributed by atoms with E-state index in [0.717, 1.165) is 0 Å². The predicted octanol–water partition coefficient (Wildman–Crippen LogP) is 0.00740. The van der Waals surface area contributed by atoms with Crippen LogP contribution in [0.15, 0.2) is 0 Å². The van der Waals surface area contributed by atoms with Gasteiger partial charge in [-0.05, 0) is 5.92 Å². The van der Waals surface area contributed by atoms with Crippen molar-refractivity contribution in [1.82, 2.24) is 5.32 Å². The number of halogens is 1. The summed E-state index contributed by atoms with van der Waals surface area (Å²) in [5.74, 6) is -0.711. The topological polar surface area (TPSA) is 72.2 Å². The second kappa shape index (κ2) is 5.13. The highest BCUT2D eigenvalue weighted by Gasteiger charge is 2.20. The molecule has 3 N–H and O–H groups in total. The molecule has 0 heterocycles. The summed E-state index contributed by atoms with van der Waals surface area (Å²) >= 11 is 2.98. The molecule has 0 aromatic rings. The van der Waals surface area contributed by atoms with Crippen molar-refractivity contribution in [1.29, 1.82) is 0 Å². The number of carbonyl (C=O) groups is 2. The van der Waals surface area contributed by atoms with E-state index >= 15 is 0 Å². The summed E-state index contributed by atoms with van der Waals surface area (Å²) in [7, 11) is 0. The second-order valence-corrected chi connectivity index (χ2v) is 3.39. The molecule has 5 heteroatoms. The van der Waals surface area contributed by atoms with Gasteiger partial charge in [-0.2, -0.15) is 0 Å². The van der Waals surface area contributed by atoms with Crippen LogP contribution in [0.3, 0.4) is 0 Å². The highest BCUT2D eigenvalue weighted by molar-refractivity contribution is 9.09. The Bertz CT molecular complexity index is 182. The summed E-state index contributed by atoms with van der Waals surface area (Å²) in [5, 5.41) is 2.69. The van der Waals surface area contributed by atoms with Gasteiger partial charge in [-0.15, -0.1) is 0 Å². The van der Waals surface area contributed by atoms with Gasteiger partial charge in [-0.25, -0.2) is 0 Å². The number of carbonyl (C=O) groups excluding carboxylic acids is 2. The third-order valence-corrected chi connectivity index (χ3v) is 1.92. The Kier molecular flexibility index (Phi) is 4.89. The van der Waals surface area contributed by atoms with Crippen molar-refractivity contribution in [3.8, 4) is 0 Å². The van der Waals surface area contributed by atoms with Gasteiger partial charge < -0.3 is 11.1 Å². The van der Waals surface area contributed by atoms with Gasteiger partial charge in [0.1, 0.15) is 6.04 Å². The average Bonchev–Trinajstić information content (AvgIpc) is 1.98. The molecule has 0 spiro atoms. The lowest BCUT2D eigenvalue weighted by Gasteiger charge is -2.17. The lowest BCUT2D eigenvalue weighted by atomic mass is 10.0. The second-order valence-electron chi connectivity index (χ2n) is 2.83. The van der Waals surface area contributed by atoms with Crippen LogP contribution in [0.2, 0.25) is 0 Å². The van der Waals surface area contributed by atoms with Crippen LogP contribution in [0, 0.1) is 5.92 Å². The Balaban J connectivity index is 4.14. The number of amides is 2. The maximum absolute atomic E-state index is 10.9. The van der Waals surface area contributed by atoms with Gasteiger partial charge in [-0.1, -0.05) is 29.8 Å². The summed E-state index contributed by atoms with van der Waals surface area (Å²) in [5.41, 5.74) is 5.07. The van der Waals surface area contributed by atoms with Gasteiger partial charge in [0, 0.05) is 0 Å². The summed E-state index contributed by atoms with van der Waals surface area (Å²) in [6.45, 7) is 3.65. The van der Waals surface area contributed by atoms with Gasteiger partial charge in [0.25, 0.3) is 0 Å². The van der Waals surface area contributed by atoms with Crippen LogP contribution in [-0.4, -0.2) is 23.2 Å². The molecule has 2 amide bonds. The molecular formula is C7H13BrN2O2. The van der Waals surface area contributed by atoms with Crippen molar-refractivity contribution in [2.45, 2.75) is 19.9 Å². The van der Waals surface area contributed by atoms with Crippen molar-refractivity contribution in [3.63, 3.8) is 0 Å². The fourth-order valence-electron chi connectivity index (χ4n) is 0.778. The molecule has 0 aliphatic heterocycles. The Morgan fingerprint density at radius 1 is 1.50 bits per heavy atom. The number of alkyl halides is 1. The largest absolute Gasteiger partial charge is 0.368 e. The van der Waals surface area contributed by atoms with Crippen molar-refractivity contribution in [2.24, 2.45) is 11.7 Å². The molecule has 4 nitrogen and oxygen atoms in total. The smallest absolute Gasteiger partial charge is 0.240 e. The number of nitrogens with one attached hydrogen (secondary N) is 1. The van der Waals surface area contributed by atoms with Crippen LogP contribution in [-0.2, 0) is 9.59 Å². The molecule has 12 heavy (non-hydrogen) atoms. The van der Waals surface area contributed by atoms with E-state index < -0.39 is 11.9 Å². The molecule has 70 valence electrons. The minimum atomic E-state index is -0.574. The molecule has 0 aromatic heterocycles. The first-order valence-corrected chi connectivity index (χ1v) is 4.75. The van der Waals surface area contributed by atoms with Crippen molar-refractivity contribution >= 4 is 27.7 Å². The van der Waals surface area contributed by atoms with E-state index in [1.54, 1.807) is 0 Å². The van der Waals surface area contributed by atoms with Crippen molar-refractivity contribution in [2.75, 3.05) is 5.33 Å². The Morgan fingerprint density at radius 2 is 2.00 bits per heavy atom. The fourth-order valence-corrected chi connectivity index (χ4v) is 0.940. The third kappa shape index (κ3) is 3.71. The highest BCUT2D eigenvalue weighted by atomic mass is 79.9. The Labute approximate surface area is 80.0 Å². The maximum atomic E-state index is 10.9. The van der Waals surface area contributed by atoms with Gasteiger partial charge >= 0.3 is 0 Å². The summed E-state index contributed by atoms with van der Waals surface area (Å²) in [4.78, 5) is 21.6. The fraction of sp³-hybridized carbons (Fsp3) is 0.714. The average molecular weight is 237 g/mol. The van der Waals surface area contributed by atoms with Crippen LogP contribution in [0.25, 0.3) is 0 Å². The van der Waals surface area contributed by atoms with Gasteiger partial charge in [-0.3, -0.25) is 9.59 Å². The number of nitrogens with two attached hydrogens (primary N) is 1. The summed E-state index contributed by atoms with van der Waals surface area (Å²) in [6.07, 6.45) is 0. The lowest BCUT2D eigenvalue weighted by molar-refractivity contribution is -0.126. The van der Waals surface area contributed by atoms with Gasteiger partial charge in [0.05, 0.1) is 5.33 Å². The minimum absolute atomic E-state index is 0.0190. The van der Waals surface area contributed by atoms with Crippen LogP contribution in [0.4, 0.5) is 0 Å². The summed E-state index contributed by atoms with van der Waals surface area (Å²) < 4.78 is 0. The first-order chi connectivity index (χ1) is 5.49. The first kappa shape index (κ1) is 11.4. The van der Waals surface area contributed by atoms with Crippen molar-refractivity contribution < 1.29 is 9.59 Å². The minimum Gasteiger partial charge on any atom is -0.368 e. The van der Waals surface area contributed by atoms with E-state index in [0.29, 0.717) is 0 Å². The molecule has 0 unspecified atom stereocenters.